The minimum absolute atomic E-state index is 0.123. The van der Waals surface area contributed by atoms with Crippen molar-refractivity contribution >= 4 is 21.8 Å². The number of nitrogens with zero attached hydrogens (tertiary/aromatic N) is 1. The van der Waals surface area contributed by atoms with Crippen LogP contribution >= 0.6 is 0 Å². The van der Waals surface area contributed by atoms with Gasteiger partial charge in [0.15, 0.2) is 12.4 Å². The second kappa shape index (κ2) is 12.5. The van der Waals surface area contributed by atoms with Crippen molar-refractivity contribution in [3.05, 3.63) is 94.5 Å². The van der Waals surface area contributed by atoms with Crippen molar-refractivity contribution in [3.63, 3.8) is 0 Å². The van der Waals surface area contributed by atoms with Crippen LogP contribution in [-0.2, 0) is 38.7 Å². The quantitative estimate of drug-likeness (QED) is 0.192. The molecule has 0 saturated carbocycles. The van der Waals surface area contributed by atoms with Crippen molar-refractivity contribution in [1.82, 2.24) is 4.31 Å². The maximum atomic E-state index is 14.3. The summed E-state index contributed by atoms with van der Waals surface area (Å²) in [6.45, 7) is 5.84. The first-order chi connectivity index (χ1) is 20.1. The molecule has 1 atom stereocenters. The summed E-state index contributed by atoms with van der Waals surface area (Å²) in [4.78, 5) is 23.8. The predicted molar refractivity (Wildman–Crippen MR) is 154 cm³/mol. The highest BCUT2D eigenvalue weighted by molar-refractivity contribution is 7.89. The molecule has 0 spiro atoms. The average molecular weight is 618 g/mol. The molecule has 1 aliphatic rings. The first kappa shape index (κ1) is 32.2. The largest absolute Gasteiger partial charge is 0.482 e. The van der Waals surface area contributed by atoms with Crippen LogP contribution in [0.15, 0.2) is 71.6 Å². The first-order valence-electron chi connectivity index (χ1n) is 13.8. The fourth-order valence-corrected chi connectivity index (χ4v) is 6.80. The molecule has 3 aromatic rings. The molecule has 11 heteroatoms. The van der Waals surface area contributed by atoms with E-state index < -0.39 is 50.1 Å². The number of ether oxygens (including phenoxy) is 2. The third-order valence-corrected chi connectivity index (χ3v) is 8.81. The molecule has 0 heterocycles. The molecular formula is C32H34F3NO6S. The first-order valence-corrected chi connectivity index (χ1v) is 15.3. The number of hydrogen-bond donors (Lipinski definition) is 0. The van der Waals surface area contributed by atoms with E-state index in [0.717, 1.165) is 13.0 Å². The molecule has 43 heavy (non-hydrogen) atoms. The standard InChI is InChI=1S/C32H34F3NO6S/c1-21(37)23-16-24(32(33,34)35)18-25(17-23)43(39,40)36(19-22-10-6-5-7-11-22)28-14-8-13-27-26(28)12-9-15-29(27)41-20-30(38)42-31(2,3)4/h5-7,9-12,15-18,28H,8,13-14,19-20H2,1-4H3. The Labute approximate surface area is 249 Å². The van der Waals surface area contributed by atoms with Gasteiger partial charge in [-0.25, -0.2) is 13.2 Å². The van der Waals surface area contributed by atoms with E-state index in [0.29, 0.717) is 53.8 Å². The zero-order valence-corrected chi connectivity index (χ0v) is 25.2. The fourth-order valence-electron chi connectivity index (χ4n) is 5.11. The zero-order chi connectivity index (χ0) is 31.6. The molecule has 0 N–H and O–H groups in total. The fraction of sp³-hybridized carbons (Fsp3) is 0.375. The lowest BCUT2D eigenvalue weighted by atomic mass is 9.87. The molecule has 3 aromatic carbocycles. The Morgan fingerprint density at radius 3 is 2.30 bits per heavy atom. The molecule has 0 aliphatic heterocycles. The van der Waals surface area contributed by atoms with Gasteiger partial charge >= 0.3 is 12.1 Å². The summed E-state index contributed by atoms with van der Waals surface area (Å²) in [6.07, 6.45) is -3.36. The van der Waals surface area contributed by atoms with Crippen molar-refractivity contribution < 1.29 is 40.7 Å². The maximum Gasteiger partial charge on any atom is 0.416 e. The van der Waals surface area contributed by atoms with Crippen molar-refractivity contribution in [3.8, 4) is 5.75 Å². The van der Waals surface area contributed by atoms with Gasteiger partial charge in [-0.15, -0.1) is 0 Å². The lowest BCUT2D eigenvalue weighted by Crippen LogP contribution is -2.36. The highest BCUT2D eigenvalue weighted by Gasteiger charge is 2.39. The summed E-state index contributed by atoms with van der Waals surface area (Å²) < 4.78 is 82.3. The van der Waals surface area contributed by atoms with Gasteiger partial charge in [0.05, 0.1) is 16.5 Å². The van der Waals surface area contributed by atoms with Gasteiger partial charge in [0.25, 0.3) is 0 Å². The molecule has 1 aliphatic carbocycles. The minimum Gasteiger partial charge on any atom is -0.482 e. The van der Waals surface area contributed by atoms with Crippen LogP contribution in [0.4, 0.5) is 13.2 Å². The van der Waals surface area contributed by atoms with E-state index in [1.165, 1.54) is 4.31 Å². The average Bonchev–Trinajstić information content (AvgIpc) is 2.93. The van der Waals surface area contributed by atoms with Gasteiger partial charge in [-0.1, -0.05) is 42.5 Å². The van der Waals surface area contributed by atoms with Crippen LogP contribution in [0.2, 0.25) is 0 Å². The molecule has 0 bridgehead atoms. The van der Waals surface area contributed by atoms with Crippen LogP contribution < -0.4 is 4.74 Å². The lowest BCUT2D eigenvalue weighted by molar-refractivity contribution is -0.157. The topological polar surface area (TPSA) is 90.0 Å². The number of esters is 1. The summed E-state index contributed by atoms with van der Waals surface area (Å²) in [5.74, 6) is -0.841. The number of rotatable bonds is 9. The normalized spacial score (nSPS) is 15.6. The second-order valence-corrected chi connectivity index (χ2v) is 13.3. The number of halogens is 3. The van der Waals surface area contributed by atoms with Gasteiger partial charge in [-0.2, -0.15) is 17.5 Å². The molecule has 0 amide bonds. The monoisotopic (exact) mass is 617 g/mol. The summed E-state index contributed by atoms with van der Waals surface area (Å²) in [5.41, 5.74) is -0.292. The van der Waals surface area contributed by atoms with Crippen molar-refractivity contribution in [1.29, 1.82) is 0 Å². The highest BCUT2D eigenvalue weighted by atomic mass is 32.2. The van der Waals surface area contributed by atoms with Gasteiger partial charge in [0.2, 0.25) is 10.0 Å². The van der Waals surface area contributed by atoms with E-state index >= 15 is 0 Å². The maximum absolute atomic E-state index is 14.3. The Morgan fingerprint density at radius 2 is 1.67 bits per heavy atom. The number of ketones is 1. The van der Waals surface area contributed by atoms with E-state index in [9.17, 15) is 31.2 Å². The Kier molecular flexibility index (Phi) is 9.36. The van der Waals surface area contributed by atoms with E-state index in [2.05, 4.69) is 0 Å². The van der Waals surface area contributed by atoms with Crippen molar-refractivity contribution in [2.75, 3.05) is 6.61 Å². The Balaban J connectivity index is 1.79. The number of carbonyl (C=O) groups excluding carboxylic acids is 2. The number of alkyl halides is 3. The molecule has 1 unspecified atom stereocenters. The predicted octanol–water partition coefficient (Wildman–Crippen LogP) is 6.90. The minimum atomic E-state index is -4.86. The van der Waals surface area contributed by atoms with E-state index in [1.54, 1.807) is 69.3 Å². The third-order valence-electron chi connectivity index (χ3n) is 6.97. The van der Waals surface area contributed by atoms with E-state index in [-0.39, 0.29) is 18.7 Å². The molecule has 4 rings (SSSR count). The zero-order valence-electron chi connectivity index (χ0n) is 24.4. The van der Waals surface area contributed by atoms with Gasteiger partial charge < -0.3 is 9.47 Å². The summed E-state index contributed by atoms with van der Waals surface area (Å²) >= 11 is 0. The molecule has 0 aromatic heterocycles. The highest BCUT2D eigenvalue weighted by Crippen LogP contribution is 2.42. The van der Waals surface area contributed by atoms with Crippen LogP contribution in [0.3, 0.4) is 0 Å². The molecule has 230 valence electrons. The second-order valence-electron chi connectivity index (χ2n) is 11.4. The van der Waals surface area contributed by atoms with Crippen molar-refractivity contribution in [2.24, 2.45) is 0 Å². The number of benzene rings is 3. The lowest BCUT2D eigenvalue weighted by Gasteiger charge is -2.36. The molecule has 7 nitrogen and oxygen atoms in total. The summed E-state index contributed by atoms with van der Waals surface area (Å²) in [6, 6.07) is 15.4. The van der Waals surface area contributed by atoms with E-state index in [4.69, 9.17) is 9.47 Å². The number of carbonyl (C=O) groups is 2. The Morgan fingerprint density at radius 1 is 0.977 bits per heavy atom. The van der Waals surface area contributed by atoms with Crippen LogP contribution in [0.1, 0.15) is 79.2 Å². The van der Waals surface area contributed by atoms with Gasteiger partial charge in [0, 0.05) is 12.1 Å². The molecule has 0 radical (unpaired) electrons. The van der Waals surface area contributed by atoms with Gasteiger partial charge in [-0.3, -0.25) is 4.79 Å². The number of fused-ring (bicyclic) bond motifs is 1. The number of hydrogen-bond acceptors (Lipinski definition) is 6. The molecule has 0 saturated heterocycles. The summed E-state index contributed by atoms with van der Waals surface area (Å²) in [5, 5.41) is 0. The number of Topliss-reactive ketones (excluding diaryl/α,β-unsaturated/α-hetero) is 1. The molecular weight excluding hydrogens is 583 g/mol. The van der Waals surface area contributed by atoms with Crippen LogP contribution in [0.5, 0.6) is 5.75 Å². The van der Waals surface area contributed by atoms with Crippen LogP contribution in [-0.4, -0.2) is 36.7 Å². The van der Waals surface area contributed by atoms with Gasteiger partial charge in [0.1, 0.15) is 11.4 Å². The van der Waals surface area contributed by atoms with Gasteiger partial charge in [-0.05, 0) is 87.9 Å². The summed E-state index contributed by atoms with van der Waals surface area (Å²) in [7, 11) is -4.57. The Bertz CT molecular complexity index is 1600. The number of sulfonamides is 1. The third kappa shape index (κ3) is 7.83. The van der Waals surface area contributed by atoms with Crippen molar-refractivity contribution in [2.45, 2.75) is 76.2 Å². The van der Waals surface area contributed by atoms with Crippen LogP contribution in [0.25, 0.3) is 0 Å². The smallest absolute Gasteiger partial charge is 0.416 e. The SMILES string of the molecule is CC(=O)c1cc(C(F)(F)F)cc(S(=O)(=O)N(Cc2ccccc2)C2CCCc3c(OCC(=O)OC(C)(C)C)cccc32)c1. The molecule has 0 fully saturated rings. The van der Waals surface area contributed by atoms with E-state index in [1.807, 2.05) is 0 Å². The Hall–Kier alpha value is -3.70. The van der Waals surface area contributed by atoms with Crippen LogP contribution in [0, 0.1) is 0 Å².